The van der Waals surface area contributed by atoms with Crippen molar-refractivity contribution in [1.82, 2.24) is 5.32 Å². The van der Waals surface area contributed by atoms with E-state index in [4.69, 9.17) is 4.74 Å². The second kappa shape index (κ2) is 8.10. The zero-order chi connectivity index (χ0) is 17.5. The summed E-state index contributed by atoms with van der Waals surface area (Å²) in [5.41, 5.74) is 0.603. The largest absolute Gasteiger partial charge is 0.497 e. The number of esters is 1. The van der Waals surface area contributed by atoms with Crippen molar-refractivity contribution in [3.63, 3.8) is 0 Å². The maximum atomic E-state index is 13.8. The SMILES string of the molecule is COC(=O)C[C@H](NC(=O)c1ccccc1F)c1ccc(OC)cc1. The van der Waals surface area contributed by atoms with Crippen LogP contribution in [0.4, 0.5) is 4.39 Å². The first-order valence-corrected chi connectivity index (χ1v) is 7.31. The second-order valence-corrected chi connectivity index (χ2v) is 5.06. The molecule has 0 spiro atoms. The van der Waals surface area contributed by atoms with E-state index >= 15 is 0 Å². The minimum absolute atomic E-state index is 0.0664. The lowest BCUT2D eigenvalue weighted by Crippen LogP contribution is -2.31. The number of benzene rings is 2. The van der Waals surface area contributed by atoms with Crippen molar-refractivity contribution >= 4 is 11.9 Å². The molecule has 0 bridgehead atoms. The molecule has 5 nitrogen and oxygen atoms in total. The maximum Gasteiger partial charge on any atom is 0.307 e. The van der Waals surface area contributed by atoms with Crippen LogP contribution in [0.1, 0.15) is 28.4 Å². The summed E-state index contributed by atoms with van der Waals surface area (Å²) in [6.45, 7) is 0. The number of ether oxygens (including phenoxy) is 2. The topological polar surface area (TPSA) is 64.6 Å². The Morgan fingerprint density at radius 1 is 1.08 bits per heavy atom. The predicted molar refractivity (Wildman–Crippen MR) is 86.2 cm³/mol. The van der Waals surface area contributed by atoms with Gasteiger partial charge < -0.3 is 14.8 Å². The van der Waals surface area contributed by atoms with Crippen LogP contribution in [0.5, 0.6) is 5.75 Å². The van der Waals surface area contributed by atoms with Gasteiger partial charge in [-0.05, 0) is 29.8 Å². The lowest BCUT2D eigenvalue weighted by molar-refractivity contribution is -0.141. The summed E-state index contributed by atoms with van der Waals surface area (Å²) >= 11 is 0. The van der Waals surface area contributed by atoms with E-state index in [1.807, 2.05) is 0 Å². The molecule has 1 N–H and O–H groups in total. The van der Waals surface area contributed by atoms with Gasteiger partial charge in [0, 0.05) is 0 Å². The van der Waals surface area contributed by atoms with Crippen molar-refractivity contribution in [2.75, 3.05) is 14.2 Å². The van der Waals surface area contributed by atoms with Gasteiger partial charge in [-0.1, -0.05) is 24.3 Å². The highest BCUT2D eigenvalue weighted by Crippen LogP contribution is 2.21. The van der Waals surface area contributed by atoms with Gasteiger partial charge in [0.25, 0.3) is 5.91 Å². The van der Waals surface area contributed by atoms with Crippen molar-refractivity contribution in [2.45, 2.75) is 12.5 Å². The van der Waals surface area contributed by atoms with Crippen LogP contribution in [-0.2, 0) is 9.53 Å². The van der Waals surface area contributed by atoms with Crippen LogP contribution in [0, 0.1) is 5.82 Å². The third-order valence-corrected chi connectivity index (χ3v) is 3.54. The summed E-state index contributed by atoms with van der Waals surface area (Å²) in [6, 6.07) is 11.9. The highest BCUT2D eigenvalue weighted by molar-refractivity contribution is 5.95. The Labute approximate surface area is 139 Å². The predicted octanol–water partition coefficient (Wildman–Crippen LogP) is 2.87. The molecule has 0 radical (unpaired) electrons. The summed E-state index contributed by atoms with van der Waals surface area (Å²) in [7, 11) is 2.81. The Balaban J connectivity index is 2.23. The summed E-state index contributed by atoms with van der Waals surface area (Å²) < 4.78 is 23.5. The number of hydrogen-bond acceptors (Lipinski definition) is 4. The molecule has 0 saturated heterocycles. The third kappa shape index (κ3) is 4.32. The molecule has 24 heavy (non-hydrogen) atoms. The van der Waals surface area contributed by atoms with Crippen molar-refractivity contribution < 1.29 is 23.5 Å². The van der Waals surface area contributed by atoms with Crippen LogP contribution in [0.3, 0.4) is 0 Å². The Kier molecular flexibility index (Phi) is 5.89. The summed E-state index contributed by atoms with van der Waals surface area (Å²) in [5.74, 6) is -1.06. The quantitative estimate of drug-likeness (QED) is 0.827. The molecule has 1 amide bonds. The second-order valence-electron chi connectivity index (χ2n) is 5.06. The van der Waals surface area contributed by atoms with E-state index in [9.17, 15) is 14.0 Å². The number of hydrogen-bond donors (Lipinski definition) is 1. The van der Waals surface area contributed by atoms with Crippen LogP contribution >= 0.6 is 0 Å². The van der Waals surface area contributed by atoms with Gasteiger partial charge in [0.15, 0.2) is 0 Å². The van der Waals surface area contributed by atoms with E-state index in [-0.39, 0.29) is 12.0 Å². The zero-order valence-corrected chi connectivity index (χ0v) is 13.4. The van der Waals surface area contributed by atoms with E-state index in [1.54, 1.807) is 37.4 Å². The lowest BCUT2D eigenvalue weighted by atomic mass is 10.0. The van der Waals surface area contributed by atoms with Crippen LogP contribution in [0.25, 0.3) is 0 Å². The fraction of sp³-hybridized carbons (Fsp3) is 0.222. The Bertz CT molecular complexity index is 715. The standard InChI is InChI=1S/C18H18FNO4/c1-23-13-9-7-12(8-10-13)16(11-17(21)24-2)20-18(22)14-5-3-4-6-15(14)19/h3-10,16H,11H2,1-2H3,(H,20,22)/t16-/m0/s1. The molecule has 0 aliphatic rings. The molecule has 6 heteroatoms. The number of carbonyl (C=O) groups is 2. The number of rotatable bonds is 6. The van der Waals surface area contributed by atoms with E-state index in [2.05, 4.69) is 10.1 Å². The van der Waals surface area contributed by atoms with Crippen LogP contribution in [0.15, 0.2) is 48.5 Å². The molecule has 2 rings (SSSR count). The number of methoxy groups -OCH3 is 2. The molecule has 0 aromatic heterocycles. The molecule has 0 saturated carbocycles. The number of nitrogens with one attached hydrogen (secondary N) is 1. The van der Waals surface area contributed by atoms with Gasteiger partial charge in [0.1, 0.15) is 11.6 Å². The number of amides is 1. The minimum atomic E-state index is -0.643. The molecule has 1 atom stereocenters. The summed E-state index contributed by atoms with van der Waals surface area (Å²) in [5, 5.41) is 2.67. The van der Waals surface area contributed by atoms with Gasteiger partial charge in [-0.3, -0.25) is 9.59 Å². The van der Waals surface area contributed by atoms with Gasteiger partial charge in [0.2, 0.25) is 0 Å². The van der Waals surface area contributed by atoms with Gasteiger partial charge in [-0.15, -0.1) is 0 Å². The van der Waals surface area contributed by atoms with Crippen LogP contribution in [0.2, 0.25) is 0 Å². The van der Waals surface area contributed by atoms with Crippen molar-refractivity contribution in [1.29, 1.82) is 0 Å². The smallest absolute Gasteiger partial charge is 0.307 e. The average Bonchev–Trinajstić information content (AvgIpc) is 2.61. The minimum Gasteiger partial charge on any atom is -0.497 e. The van der Waals surface area contributed by atoms with Crippen molar-refractivity contribution in [3.8, 4) is 5.75 Å². The van der Waals surface area contributed by atoms with Crippen molar-refractivity contribution in [3.05, 3.63) is 65.5 Å². The highest BCUT2D eigenvalue weighted by atomic mass is 19.1. The van der Waals surface area contributed by atoms with Gasteiger partial charge in [-0.25, -0.2) is 4.39 Å². The molecular weight excluding hydrogens is 313 g/mol. The van der Waals surface area contributed by atoms with Crippen molar-refractivity contribution in [2.24, 2.45) is 0 Å². The molecule has 2 aromatic rings. The van der Waals surface area contributed by atoms with Crippen LogP contribution < -0.4 is 10.1 Å². The van der Waals surface area contributed by atoms with Gasteiger partial charge in [0.05, 0.1) is 32.2 Å². The highest BCUT2D eigenvalue weighted by Gasteiger charge is 2.21. The van der Waals surface area contributed by atoms with Gasteiger partial charge >= 0.3 is 5.97 Å². The molecule has 126 valence electrons. The average molecular weight is 331 g/mol. The molecule has 0 aliphatic carbocycles. The normalized spacial score (nSPS) is 11.5. The first kappa shape index (κ1) is 17.5. The molecule has 0 unspecified atom stereocenters. The molecule has 0 heterocycles. The Morgan fingerprint density at radius 2 is 1.75 bits per heavy atom. The van der Waals surface area contributed by atoms with E-state index in [0.717, 1.165) is 0 Å². The zero-order valence-electron chi connectivity index (χ0n) is 13.4. The Morgan fingerprint density at radius 3 is 2.33 bits per heavy atom. The monoisotopic (exact) mass is 331 g/mol. The van der Waals surface area contributed by atoms with Gasteiger partial charge in [-0.2, -0.15) is 0 Å². The van der Waals surface area contributed by atoms with E-state index in [1.165, 1.54) is 25.3 Å². The first-order valence-electron chi connectivity index (χ1n) is 7.31. The lowest BCUT2D eigenvalue weighted by Gasteiger charge is -2.19. The molecule has 0 fully saturated rings. The van der Waals surface area contributed by atoms with E-state index < -0.39 is 23.7 Å². The summed E-state index contributed by atoms with van der Waals surface area (Å²) in [4.78, 5) is 23.9. The fourth-order valence-corrected chi connectivity index (χ4v) is 2.22. The van der Waals surface area contributed by atoms with Crippen LogP contribution in [-0.4, -0.2) is 26.1 Å². The molecular formula is C18H18FNO4. The first-order chi connectivity index (χ1) is 11.5. The molecule has 0 aliphatic heterocycles. The number of halogens is 1. The summed E-state index contributed by atoms with van der Waals surface area (Å²) in [6.07, 6.45) is -0.0664. The number of carbonyl (C=O) groups excluding carboxylic acids is 2. The molecule has 2 aromatic carbocycles. The van der Waals surface area contributed by atoms with E-state index in [0.29, 0.717) is 11.3 Å². The Hall–Kier alpha value is -2.89. The maximum absolute atomic E-state index is 13.8. The third-order valence-electron chi connectivity index (χ3n) is 3.54. The fourth-order valence-electron chi connectivity index (χ4n) is 2.22.